The van der Waals surface area contributed by atoms with Crippen LogP contribution in [0, 0.1) is 12.8 Å². The van der Waals surface area contributed by atoms with Gasteiger partial charge in [0.2, 0.25) is 0 Å². The maximum Gasteiger partial charge on any atom is 0.260 e. The Morgan fingerprint density at radius 1 is 1.47 bits per heavy atom. The quantitative estimate of drug-likeness (QED) is 0.695. The summed E-state index contributed by atoms with van der Waals surface area (Å²) in [5.41, 5.74) is 1.50. The van der Waals surface area contributed by atoms with E-state index in [4.69, 9.17) is 0 Å². The first kappa shape index (κ1) is 14.5. The molecule has 6 nitrogen and oxygen atoms in total. The highest BCUT2D eigenvalue weighted by molar-refractivity contribution is 7.89. The molecule has 19 heavy (non-hydrogen) atoms. The first-order valence-electron chi connectivity index (χ1n) is 6.70. The Morgan fingerprint density at radius 2 is 2.21 bits per heavy atom. The third-order valence-corrected chi connectivity index (χ3v) is 4.99. The zero-order valence-corrected chi connectivity index (χ0v) is 12.5. The van der Waals surface area contributed by atoms with Crippen LogP contribution in [-0.4, -0.2) is 31.7 Å². The number of nitrogens with one attached hydrogen (secondary N) is 3. The zero-order chi connectivity index (χ0) is 14.0. The summed E-state index contributed by atoms with van der Waals surface area (Å²) in [5, 5.41) is 9.79. The minimum absolute atomic E-state index is 0.0874. The molecule has 0 bridgehead atoms. The number of H-pyrrole nitrogens is 1. The van der Waals surface area contributed by atoms with Gasteiger partial charge in [0.25, 0.3) is 10.0 Å². The normalized spacial score (nSPS) is 22.7. The van der Waals surface area contributed by atoms with Gasteiger partial charge in [-0.1, -0.05) is 13.3 Å². The van der Waals surface area contributed by atoms with Gasteiger partial charge in [-0.05, 0) is 32.7 Å². The first-order valence-corrected chi connectivity index (χ1v) is 8.18. The number of aromatic nitrogens is 2. The number of hydrogen-bond donors (Lipinski definition) is 3. The van der Waals surface area contributed by atoms with Gasteiger partial charge in [-0.15, -0.1) is 0 Å². The maximum atomic E-state index is 12.3. The van der Waals surface area contributed by atoms with Gasteiger partial charge in [-0.3, -0.25) is 5.10 Å². The van der Waals surface area contributed by atoms with E-state index in [1.165, 1.54) is 0 Å². The summed E-state index contributed by atoms with van der Waals surface area (Å²) in [7, 11) is -1.73. The number of aryl methyl sites for hydroxylation is 1. The van der Waals surface area contributed by atoms with Gasteiger partial charge in [-0.25, -0.2) is 13.1 Å². The Balaban J connectivity index is 2.12. The van der Waals surface area contributed by atoms with Crippen LogP contribution in [0.25, 0.3) is 0 Å². The number of sulfonamides is 1. The van der Waals surface area contributed by atoms with E-state index in [-0.39, 0.29) is 11.1 Å². The zero-order valence-electron chi connectivity index (χ0n) is 11.7. The highest BCUT2D eigenvalue weighted by Crippen LogP contribution is 2.35. The summed E-state index contributed by atoms with van der Waals surface area (Å²) in [6, 6.07) is 0.0874. The van der Waals surface area contributed by atoms with Gasteiger partial charge in [0.1, 0.15) is 0 Å². The van der Waals surface area contributed by atoms with Crippen LogP contribution >= 0.6 is 0 Å². The van der Waals surface area contributed by atoms with Crippen molar-refractivity contribution in [3.05, 3.63) is 11.3 Å². The summed E-state index contributed by atoms with van der Waals surface area (Å²) in [6.45, 7) is 4.43. The SMILES string of the molecule is CCCC1CC1NS(=O)(=O)c1n[nH]c(C)c1CNC. The first-order chi connectivity index (χ1) is 8.99. The van der Waals surface area contributed by atoms with Crippen molar-refractivity contribution in [1.82, 2.24) is 20.2 Å². The van der Waals surface area contributed by atoms with E-state index < -0.39 is 10.0 Å². The molecule has 0 aromatic carbocycles. The van der Waals surface area contributed by atoms with Crippen molar-refractivity contribution in [2.45, 2.75) is 50.7 Å². The van der Waals surface area contributed by atoms with E-state index >= 15 is 0 Å². The third kappa shape index (κ3) is 3.16. The van der Waals surface area contributed by atoms with Crippen molar-refractivity contribution < 1.29 is 8.42 Å². The molecule has 0 radical (unpaired) electrons. The molecular weight excluding hydrogens is 264 g/mol. The number of hydrogen-bond acceptors (Lipinski definition) is 4. The molecule has 2 unspecified atom stereocenters. The fourth-order valence-corrected chi connectivity index (χ4v) is 3.89. The highest BCUT2D eigenvalue weighted by Gasteiger charge is 2.40. The topological polar surface area (TPSA) is 86.9 Å². The molecule has 0 saturated heterocycles. The second-order valence-electron chi connectivity index (χ2n) is 5.17. The van der Waals surface area contributed by atoms with Crippen molar-refractivity contribution in [1.29, 1.82) is 0 Å². The molecule has 1 saturated carbocycles. The Labute approximate surface area is 114 Å². The van der Waals surface area contributed by atoms with E-state index in [1.54, 1.807) is 7.05 Å². The predicted molar refractivity (Wildman–Crippen MR) is 73.2 cm³/mol. The van der Waals surface area contributed by atoms with Crippen LogP contribution in [0.4, 0.5) is 0 Å². The molecule has 108 valence electrons. The lowest BCUT2D eigenvalue weighted by Gasteiger charge is -2.06. The van der Waals surface area contributed by atoms with Crippen LogP contribution in [0.15, 0.2) is 5.03 Å². The molecule has 1 aromatic heterocycles. The van der Waals surface area contributed by atoms with E-state index in [0.717, 1.165) is 25.0 Å². The summed E-state index contributed by atoms with van der Waals surface area (Å²) in [4.78, 5) is 0. The molecule has 1 aliphatic rings. The smallest absolute Gasteiger partial charge is 0.260 e. The molecule has 7 heteroatoms. The molecular formula is C12H22N4O2S. The van der Waals surface area contributed by atoms with Crippen molar-refractivity contribution in [2.24, 2.45) is 5.92 Å². The lowest BCUT2D eigenvalue weighted by Crippen LogP contribution is -2.28. The molecule has 3 N–H and O–H groups in total. The van der Waals surface area contributed by atoms with Crippen molar-refractivity contribution in [3.63, 3.8) is 0 Å². The number of aromatic amines is 1. The lowest BCUT2D eigenvalue weighted by molar-refractivity contribution is 0.567. The third-order valence-electron chi connectivity index (χ3n) is 3.53. The average Bonchev–Trinajstić information content (AvgIpc) is 2.93. The minimum atomic E-state index is -3.51. The van der Waals surface area contributed by atoms with Crippen LogP contribution in [0.1, 0.15) is 37.4 Å². The molecule has 2 rings (SSSR count). The van der Waals surface area contributed by atoms with Crippen molar-refractivity contribution >= 4 is 10.0 Å². The molecule has 1 fully saturated rings. The Hall–Kier alpha value is -0.920. The van der Waals surface area contributed by atoms with Crippen LogP contribution < -0.4 is 10.0 Å². The van der Waals surface area contributed by atoms with Crippen LogP contribution in [-0.2, 0) is 16.6 Å². The minimum Gasteiger partial charge on any atom is -0.316 e. The van der Waals surface area contributed by atoms with Gasteiger partial charge >= 0.3 is 0 Å². The van der Waals surface area contributed by atoms with Crippen LogP contribution in [0.2, 0.25) is 0 Å². The van der Waals surface area contributed by atoms with E-state index in [2.05, 4.69) is 27.2 Å². The standard InChI is InChI=1S/C12H22N4O2S/c1-4-5-9-6-11(9)16-19(17,18)12-10(7-13-3)8(2)14-15-12/h9,11,13,16H,4-7H2,1-3H3,(H,14,15). The van der Waals surface area contributed by atoms with Crippen LogP contribution in [0.5, 0.6) is 0 Å². The maximum absolute atomic E-state index is 12.3. The summed E-state index contributed by atoms with van der Waals surface area (Å²) in [5.74, 6) is 0.493. The monoisotopic (exact) mass is 286 g/mol. The van der Waals surface area contributed by atoms with Gasteiger partial charge in [0.15, 0.2) is 5.03 Å². The van der Waals surface area contributed by atoms with E-state index in [9.17, 15) is 8.42 Å². The Kier molecular flexibility index (Phi) is 4.27. The lowest BCUT2D eigenvalue weighted by atomic mass is 10.2. The van der Waals surface area contributed by atoms with E-state index in [0.29, 0.717) is 18.0 Å². The van der Waals surface area contributed by atoms with Gasteiger partial charge in [-0.2, -0.15) is 5.10 Å². The molecule has 1 aliphatic carbocycles. The highest BCUT2D eigenvalue weighted by atomic mass is 32.2. The summed E-state index contributed by atoms with van der Waals surface area (Å²) < 4.78 is 27.4. The molecule has 1 heterocycles. The molecule has 2 atom stereocenters. The largest absolute Gasteiger partial charge is 0.316 e. The molecule has 0 aliphatic heterocycles. The Bertz CT molecular complexity index is 538. The Morgan fingerprint density at radius 3 is 2.84 bits per heavy atom. The van der Waals surface area contributed by atoms with Gasteiger partial charge in [0.05, 0.1) is 0 Å². The fraction of sp³-hybridized carbons (Fsp3) is 0.750. The van der Waals surface area contributed by atoms with Gasteiger partial charge < -0.3 is 5.32 Å². The number of nitrogens with zero attached hydrogens (tertiary/aromatic N) is 1. The second kappa shape index (κ2) is 5.60. The van der Waals surface area contributed by atoms with Crippen LogP contribution in [0.3, 0.4) is 0 Å². The van der Waals surface area contributed by atoms with Crippen molar-refractivity contribution in [2.75, 3.05) is 7.05 Å². The fourth-order valence-electron chi connectivity index (χ4n) is 2.37. The molecule has 0 amide bonds. The summed E-state index contributed by atoms with van der Waals surface area (Å²) in [6.07, 6.45) is 3.11. The second-order valence-corrected chi connectivity index (χ2v) is 6.80. The van der Waals surface area contributed by atoms with Gasteiger partial charge in [0, 0.05) is 23.8 Å². The average molecular weight is 286 g/mol. The number of rotatable bonds is 7. The van der Waals surface area contributed by atoms with Crippen molar-refractivity contribution in [3.8, 4) is 0 Å². The summed E-state index contributed by atoms with van der Waals surface area (Å²) >= 11 is 0. The molecule has 0 spiro atoms. The molecule has 1 aromatic rings. The van der Waals surface area contributed by atoms with E-state index in [1.807, 2.05) is 6.92 Å². The predicted octanol–water partition coefficient (Wildman–Crippen LogP) is 0.904.